The summed E-state index contributed by atoms with van der Waals surface area (Å²) in [6, 6.07) is 15.2. The number of hydrogen-bond donors (Lipinski definition) is 0. The molecule has 0 amide bonds. The van der Waals surface area contributed by atoms with E-state index in [1.807, 2.05) is 42.5 Å². The topological polar surface area (TPSA) is 30.2 Å². The van der Waals surface area contributed by atoms with Crippen LogP contribution >= 0.6 is 15.9 Å². The summed E-state index contributed by atoms with van der Waals surface area (Å²) in [4.78, 5) is 12.4. The third-order valence-corrected chi connectivity index (χ3v) is 3.48. The fraction of sp³-hybridized carbons (Fsp3) is 0. The Kier molecular flexibility index (Phi) is 2.76. The lowest BCUT2D eigenvalue weighted by molar-refractivity contribution is 0.101. The van der Waals surface area contributed by atoms with Crippen LogP contribution < -0.4 is 0 Å². The Labute approximate surface area is 112 Å². The van der Waals surface area contributed by atoms with Gasteiger partial charge >= 0.3 is 0 Å². The second-order valence-corrected chi connectivity index (χ2v) is 4.81. The van der Waals surface area contributed by atoms with Crippen molar-refractivity contribution < 1.29 is 9.21 Å². The Hall–Kier alpha value is -1.87. The van der Waals surface area contributed by atoms with Crippen molar-refractivity contribution in [2.75, 3.05) is 0 Å². The minimum atomic E-state index is -0.108. The van der Waals surface area contributed by atoms with Gasteiger partial charge in [-0.3, -0.25) is 4.79 Å². The molecule has 3 heteroatoms. The molecule has 0 bridgehead atoms. The first-order valence-electron chi connectivity index (χ1n) is 5.53. The van der Waals surface area contributed by atoms with Crippen molar-refractivity contribution in [3.05, 3.63) is 70.6 Å². The van der Waals surface area contributed by atoms with E-state index in [9.17, 15) is 4.79 Å². The van der Waals surface area contributed by atoms with Crippen LogP contribution in [-0.2, 0) is 0 Å². The van der Waals surface area contributed by atoms with Gasteiger partial charge in [0.1, 0.15) is 0 Å². The van der Waals surface area contributed by atoms with Crippen LogP contribution in [0.1, 0.15) is 16.1 Å². The van der Waals surface area contributed by atoms with Gasteiger partial charge < -0.3 is 4.42 Å². The molecule has 88 valence electrons. The second-order valence-electron chi connectivity index (χ2n) is 3.95. The number of rotatable bonds is 2. The summed E-state index contributed by atoms with van der Waals surface area (Å²) in [5, 5.41) is 1.99. The normalized spacial score (nSPS) is 10.7. The Morgan fingerprint density at radius 3 is 2.56 bits per heavy atom. The average molecular weight is 301 g/mol. The van der Waals surface area contributed by atoms with Gasteiger partial charge in [0.15, 0.2) is 5.76 Å². The van der Waals surface area contributed by atoms with Crippen molar-refractivity contribution in [2.24, 2.45) is 0 Å². The molecule has 2 nitrogen and oxygen atoms in total. The molecule has 0 fully saturated rings. The molecule has 2 aromatic carbocycles. The van der Waals surface area contributed by atoms with E-state index in [0.29, 0.717) is 15.8 Å². The first kappa shape index (κ1) is 11.2. The number of carbonyl (C=O) groups is 1. The fourth-order valence-corrected chi connectivity index (χ4v) is 2.38. The molecule has 3 aromatic rings. The van der Waals surface area contributed by atoms with Gasteiger partial charge in [-0.1, -0.05) is 42.5 Å². The van der Waals surface area contributed by atoms with Gasteiger partial charge in [0.05, 0.1) is 10.7 Å². The smallest absolute Gasteiger partial charge is 0.229 e. The zero-order valence-corrected chi connectivity index (χ0v) is 11.0. The van der Waals surface area contributed by atoms with Crippen LogP contribution in [0.4, 0.5) is 0 Å². The summed E-state index contributed by atoms with van der Waals surface area (Å²) in [6.07, 6.45) is 1.50. The largest absolute Gasteiger partial charge is 0.460 e. The highest BCUT2D eigenvalue weighted by Crippen LogP contribution is 2.25. The van der Waals surface area contributed by atoms with Crippen LogP contribution in [0.5, 0.6) is 0 Å². The second kappa shape index (κ2) is 4.42. The van der Waals surface area contributed by atoms with Crippen molar-refractivity contribution in [1.29, 1.82) is 0 Å². The van der Waals surface area contributed by atoms with Crippen LogP contribution in [0.15, 0.2) is 63.7 Å². The molecule has 0 atom stereocenters. The molecule has 0 aliphatic heterocycles. The van der Waals surface area contributed by atoms with Gasteiger partial charge in [0.2, 0.25) is 5.78 Å². The maximum atomic E-state index is 12.4. The molecule has 18 heavy (non-hydrogen) atoms. The molecular formula is C15H9BrO2. The van der Waals surface area contributed by atoms with E-state index in [1.165, 1.54) is 6.26 Å². The molecule has 0 unspecified atom stereocenters. The van der Waals surface area contributed by atoms with Gasteiger partial charge in [-0.05, 0) is 32.8 Å². The summed E-state index contributed by atoms with van der Waals surface area (Å²) in [6.45, 7) is 0. The van der Waals surface area contributed by atoms with Crippen LogP contribution in [0, 0.1) is 0 Å². The van der Waals surface area contributed by atoms with Gasteiger partial charge in [-0.25, -0.2) is 0 Å². The molecule has 0 saturated heterocycles. The first-order chi connectivity index (χ1) is 8.77. The Balaban J connectivity index is 2.21. The highest BCUT2D eigenvalue weighted by Gasteiger charge is 2.17. The van der Waals surface area contributed by atoms with E-state index >= 15 is 0 Å². The molecule has 0 N–H and O–H groups in total. The molecule has 1 heterocycles. The number of carbonyl (C=O) groups excluding carboxylic acids is 1. The predicted octanol–water partition coefficient (Wildman–Crippen LogP) is 4.43. The minimum Gasteiger partial charge on any atom is -0.460 e. The van der Waals surface area contributed by atoms with Crippen molar-refractivity contribution in [3.8, 4) is 0 Å². The van der Waals surface area contributed by atoms with Crippen molar-refractivity contribution in [3.63, 3.8) is 0 Å². The summed E-state index contributed by atoms with van der Waals surface area (Å²) >= 11 is 3.31. The molecule has 0 saturated carbocycles. The summed E-state index contributed by atoms with van der Waals surface area (Å²) in [5.74, 6) is 0.232. The standard InChI is InChI=1S/C15H9BrO2/c16-13-8-9-18-15(13)14(17)12-7-3-5-10-4-1-2-6-11(10)12/h1-9H. The molecular weight excluding hydrogens is 292 g/mol. The van der Waals surface area contributed by atoms with Gasteiger partial charge in [-0.2, -0.15) is 0 Å². The van der Waals surface area contributed by atoms with E-state index < -0.39 is 0 Å². The summed E-state index contributed by atoms with van der Waals surface area (Å²) in [7, 11) is 0. The molecule has 0 radical (unpaired) electrons. The van der Waals surface area contributed by atoms with Crippen LogP contribution in [0.3, 0.4) is 0 Å². The summed E-state index contributed by atoms with van der Waals surface area (Å²) in [5.41, 5.74) is 0.656. The Morgan fingerprint density at radius 2 is 1.78 bits per heavy atom. The molecule has 0 spiro atoms. The van der Waals surface area contributed by atoms with E-state index in [4.69, 9.17) is 4.42 Å². The third-order valence-electron chi connectivity index (χ3n) is 2.86. The quantitative estimate of drug-likeness (QED) is 0.656. The lowest BCUT2D eigenvalue weighted by Crippen LogP contribution is -2.01. The molecule has 3 rings (SSSR count). The number of benzene rings is 2. The fourth-order valence-electron chi connectivity index (χ4n) is 2.00. The van der Waals surface area contributed by atoms with E-state index in [-0.39, 0.29) is 5.78 Å². The monoisotopic (exact) mass is 300 g/mol. The summed E-state index contributed by atoms with van der Waals surface area (Å²) < 4.78 is 5.91. The Bertz CT molecular complexity index is 723. The lowest BCUT2D eigenvalue weighted by Gasteiger charge is -2.04. The minimum absolute atomic E-state index is 0.108. The number of ketones is 1. The maximum absolute atomic E-state index is 12.4. The van der Waals surface area contributed by atoms with Gasteiger partial charge in [-0.15, -0.1) is 0 Å². The number of furan rings is 1. The van der Waals surface area contributed by atoms with Gasteiger partial charge in [0, 0.05) is 5.56 Å². The molecule has 1 aromatic heterocycles. The number of hydrogen-bond acceptors (Lipinski definition) is 2. The zero-order chi connectivity index (χ0) is 12.5. The lowest BCUT2D eigenvalue weighted by atomic mass is 10.0. The van der Waals surface area contributed by atoms with Crippen LogP contribution in [0.25, 0.3) is 10.8 Å². The number of halogens is 1. The molecule has 0 aliphatic carbocycles. The SMILES string of the molecule is O=C(c1occc1Br)c1cccc2ccccc12. The van der Waals surface area contributed by atoms with Gasteiger partial charge in [0.25, 0.3) is 0 Å². The predicted molar refractivity (Wildman–Crippen MR) is 73.8 cm³/mol. The highest BCUT2D eigenvalue weighted by molar-refractivity contribution is 9.10. The van der Waals surface area contributed by atoms with Crippen molar-refractivity contribution in [1.82, 2.24) is 0 Å². The van der Waals surface area contributed by atoms with E-state index in [1.54, 1.807) is 6.07 Å². The van der Waals surface area contributed by atoms with Crippen LogP contribution in [0.2, 0.25) is 0 Å². The average Bonchev–Trinajstić information content (AvgIpc) is 2.83. The number of fused-ring (bicyclic) bond motifs is 1. The van der Waals surface area contributed by atoms with Crippen LogP contribution in [-0.4, -0.2) is 5.78 Å². The zero-order valence-electron chi connectivity index (χ0n) is 9.39. The third kappa shape index (κ3) is 1.77. The highest BCUT2D eigenvalue weighted by atomic mass is 79.9. The first-order valence-corrected chi connectivity index (χ1v) is 6.32. The van der Waals surface area contributed by atoms with Crippen molar-refractivity contribution in [2.45, 2.75) is 0 Å². The molecule has 0 aliphatic rings. The Morgan fingerprint density at radius 1 is 1.00 bits per heavy atom. The van der Waals surface area contributed by atoms with E-state index in [0.717, 1.165) is 10.8 Å². The maximum Gasteiger partial charge on any atom is 0.229 e. The van der Waals surface area contributed by atoms with Crippen molar-refractivity contribution >= 4 is 32.5 Å². The van der Waals surface area contributed by atoms with E-state index in [2.05, 4.69) is 15.9 Å².